The van der Waals surface area contributed by atoms with E-state index in [1.54, 1.807) is 24.3 Å². The van der Waals surface area contributed by atoms with Gasteiger partial charge in [-0.2, -0.15) is 0 Å². The molecule has 0 aliphatic carbocycles. The van der Waals surface area contributed by atoms with Crippen LogP contribution in [0.1, 0.15) is 12.8 Å². The summed E-state index contributed by atoms with van der Waals surface area (Å²) in [7, 11) is 0. The van der Waals surface area contributed by atoms with Crippen molar-refractivity contribution in [2.45, 2.75) is 18.9 Å². The summed E-state index contributed by atoms with van der Waals surface area (Å²) in [5.41, 5.74) is 0. The van der Waals surface area contributed by atoms with Crippen LogP contribution in [0.25, 0.3) is 0 Å². The molecule has 1 atom stereocenters. The van der Waals surface area contributed by atoms with Gasteiger partial charge in [0.15, 0.2) is 0 Å². The Kier molecular flexibility index (Phi) is 6.29. The topological polar surface area (TPSA) is 61.8 Å². The fourth-order valence-corrected chi connectivity index (χ4v) is 2.33. The molecule has 6 heteroatoms. The van der Waals surface area contributed by atoms with E-state index < -0.39 is 6.10 Å². The molecule has 0 bridgehead atoms. The van der Waals surface area contributed by atoms with Gasteiger partial charge in [0.2, 0.25) is 5.91 Å². The van der Waals surface area contributed by atoms with Crippen LogP contribution in [-0.4, -0.2) is 54.8 Å². The maximum atomic E-state index is 11.8. The van der Waals surface area contributed by atoms with Gasteiger partial charge in [0, 0.05) is 24.7 Å². The highest BCUT2D eigenvalue weighted by atomic mass is 35.5. The SMILES string of the molecule is O=C(CNCC(O)COc1ccc(Cl)cc1)N1CCCC1. The van der Waals surface area contributed by atoms with E-state index in [0.717, 1.165) is 25.9 Å². The molecular formula is C15H21ClN2O3. The normalized spacial score (nSPS) is 16.0. The number of hydrogen-bond acceptors (Lipinski definition) is 4. The third kappa shape index (κ3) is 5.53. The van der Waals surface area contributed by atoms with E-state index in [1.807, 2.05) is 4.90 Å². The third-order valence-corrected chi connectivity index (χ3v) is 3.62. The summed E-state index contributed by atoms with van der Waals surface area (Å²) in [4.78, 5) is 13.6. The van der Waals surface area contributed by atoms with Crippen molar-refractivity contribution in [3.8, 4) is 5.75 Å². The highest BCUT2D eigenvalue weighted by Crippen LogP contribution is 2.15. The van der Waals surface area contributed by atoms with Crippen molar-refractivity contribution < 1.29 is 14.6 Å². The van der Waals surface area contributed by atoms with E-state index in [1.165, 1.54) is 0 Å². The first-order valence-electron chi connectivity index (χ1n) is 7.20. The van der Waals surface area contributed by atoms with Crippen LogP contribution in [0.15, 0.2) is 24.3 Å². The molecule has 0 radical (unpaired) electrons. The number of rotatable bonds is 7. The average Bonchev–Trinajstić information content (AvgIpc) is 3.01. The molecule has 1 aliphatic rings. The van der Waals surface area contributed by atoms with E-state index in [0.29, 0.717) is 17.3 Å². The first-order valence-corrected chi connectivity index (χ1v) is 7.58. The molecule has 1 fully saturated rings. The van der Waals surface area contributed by atoms with Crippen LogP contribution in [0.4, 0.5) is 0 Å². The van der Waals surface area contributed by atoms with Crippen LogP contribution < -0.4 is 10.1 Å². The number of aliphatic hydroxyl groups is 1. The number of likely N-dealkylation sites (tertiary alicyclic amines) is 1. The average molecular weight is 313 g/mol. The van der Waals surface area contributed by atoms with Crippen molar-refractivity contribution in [3.63, 3.8) is 0 Å². The number of hydrogen-bond donors (Lipinski definition) is 2. The number of aliphatic hydroxyl groups excluding tert-OH is 1. The number of halogens is 1. The summed E-state index contributed by atoms with van der Waals surface area (Å²) in [5.74, 6) is 0.755. The Morgan fingerprint density at radius 3 is 2.67 bits per heavy atom. The Bertz CT molecular complexity index is 447. The molecule has 21 heavy (non-hydrogen) atoms. The predicted molar refractivity (Wildman–Crippen MR) is 81.6 cm³/mol. The maximum absolute atomic E-state index is 11.8. The van der Waals surface area contributed by atoms with E-state index in [9.17, 15) is 9.90 Å². The van der Waals surface area contributed by atoms with Crippen molar-refractivity contribution in [3.05, 3.63) is 29.3 Å². The van der Waals surface area contributed by atoms with Gasteiger partial charge in [0.1, 0.15) is 18.5 Å². The zero-order chi connectivity index (χ0) is 15.1. The number of carbonyl (C=O) groups is 1. The monoisotopic (exact) mass is 312 g/mol. The van der Waals surface area contributed by atoms with Crippen molar-refractivity contribution in [2.24, 2.45) is 0 Å². The van der Waals surface area contributed by atoms with Crippen LogP contribution in [0.3, 0.4) is 0 Å². The van der Waals surface area contributed by atoms with Gasteiger partial charge in [-0.1, -0.05) is 11.6 Å². The number of nitrogens with zero attached hydrogens (tertiary/aromatic N) is 1. The molecule has 5 nitrogen and oxygen atoms in total. The van der Waals surface area contributed by atoms with Crippen molar-refractivity contribution in [1.29, 1.82) is 0 Å². The smallest absolute Gasteiger partial charge is 0.236 e. The molecule has 1 amide bonds. The number of carbonyl (C=O) groups excluding carboxylic acids is 1. The zero-order valence-electron chi connectivity index (χ0n) is 11.9. The summed E-state index contributed by atoms with van der Waals surface area (Å²) in [6.45, 7) is 2.46. The highest BCUT2D eigenvalue weighted by molar-refractivity contribution is 6.30. The molecule has 2 N–H and O–H groups in total. The number of ether oxygens (including phenoxy) is 1. The maximum Gasteiger partial charge on any atom is 0.236 e. The van der Waals surface area contributed by atoms with Crippen LogP contribution in [-0.2, 0) is 4.79 Å². The van der Waals surface area contributed by atoms with E-state index in [4.69, 9.17) is 16.3 Å². The molecule has 0 aromatic heterocycles. The highest BCUT2D eigenvalue weighted by Gasteiger charge is 2.17. The van der Waals surface area contributed by atoms with Crippen molar-refractivity contribution in [2.75, 3.05) is 32.8 Å². The minimum Gasteiger partial charge on any atom is -0.491 e. The fraction of sp³-hybridized carbons (Fsp3) is 0.533. The van der Waals surface area contributed by atoms with Gasteiger partial charge in [0.05, 0.1) is 6.54 Å². The largest absolute Gasteiger partial charge is 0.491 e. The lowest BCUT2D eigenvalue weighted by Gasteiger charge is -2.17. The Hall–Kier alpha value is -1.30. The second kappa shape index (κ2) is 8.22. The van der Waals surface area contributed by atoms with Crippen LogP contribution in [0.2, 0.25) is 5.02 Å². The quantitative estimate of drug-likeness (QED) is 0.796. The van der Waals surface area contributed by atoms with Gasteiger partial charge in [-0.05, 0) is 37.1 Å². The lowest BCUT2D eigenvalue weighted by molar-refractivity contribution is -0.129. The second-order valence-electron chi connectivity index (χ2n) is 5.14. The van der Waals surface area contributed by atoms with Gasteiger partial charge in [0.25, 0.3) is 0 Å². The van der Waals surface area contributed by atoms with E-state index >= 15 is 0 Å². The first kappa shape index (κ1) is 16.1. The Balaban J connectivity index is 1.59. The molecule has 1 aromatic rings. The van der Waals surface area contributed by atoms with Crippen molar-refractivity contribution >= 4 is 17.5 Å². The number of benzene rings is 1. The summed E-state index contributed by atoms with van der Waals surface area (Å²) in [6, 6.07) is 6.96. The summed E-state index contributed by atoms with van der Waals surface area (Å²) >= 11 is 5.78. The predicted octanol–water partition coefficient (Wildman–Crippen LogP) is 1.29. The standard InChI is InChI=1S/C15H21ClN2O3/c16-12-3-5-14(6-4-12)21-11-13(19)9-17-10-15(20)18-7-1-2-8-18/h3-6,13,17,19H,1-2,7-11H2. The van der Waals surface area contributed by atoms with Gasteiger partial charge in [-0.15, -0.1) is 0 Å². The van der Waals surface area contributed by atoms with Crippen molar-refractivity contribution in [1.82, 2.24) is 10.2 Å². The number of amides is 1. The molecule has 116 valence electrons. The third-order valence-electron chi connectivity index (χ3n) is 3.37. The molecule has 1 aromatic carbocycles. The molecule has 0 spiro atoms. The van der Waals surface area contributed by atoms with Crippen LogP contribution in [0.5, 0.6) is 5.75 Å². The van der Waals surface area contributed by atoms with Gasteiger partial charge in [-0.3, -0.25) is 4.79 Å². The van der Waals surface area contributed by atoms with E-state index in [-0.39, 0.29) is 19.1 Å². The van der Waals surface area contributed by atoms with Crippen LogP contribution >= 0.6 is 11.6 Å². The molecule has 0 saturated carbocycles. The Labute approximate surface area is 129 Å². The van der Waals surface area contributed by atoms with E-state index in [2.05, 4.69) is 5.32 Å². The minimum atomic E-state index is -0.660. The van der Waals surface area contributed by atoms with Gasteiger partial charge < -0.3 is 20.1 Å². The molecule has 1 unspecified atom stereocenters. The Morgan fingerprint density at radius 2 is 2.00 bits per heavy atom. The van der Waals surface area contributed by atoms with Crippen LogP contribution in [0, 0.1) is 0 Å². The lowest BCUT2D eigenvalue weighted by Crippen LogP contribution is -2.40. The summed E-state index contributed by atoms with van der Waals surface area (Å²) in [5, 5.41) is 13.4. The van der Waals surface area contributed by atoms with Gasteiger partial charge in [-0.25, -0.2) is 0 Å². The fourth-order valence-electron chi connectivity index (χ4n) is 2.21. The van der Waals surface area contributed by atoms with Gasteiger partial charge >= 0.3 is 0 Å². The lowest BCUT2D eigenvalue weighted by atomic mass is 10.3. The molecule has 2 rings (SSSR count). The summed E-state index contributed by atoms with van der Waals surface area (Å²) in [6.07, 6.45) is 1.51. The Morgan fingerprint density at radius 1 is 1.33 bits per heavy atom. The molecular weight excluding hydrogens is 292 g/mol. The summed E-state index contributed by atoms with van der Waals surface area (Å²) < 4.78 is 5.44. The first-order chi connectivity index (χ1) is 10.1. The molecule has 1 heterocycles. The minimum absolute atomic E-state index is 0.0957. The second-order valence-corrected chi connectivity index (χ2v) is 5.57. The molecule has 1 saturated heterocycles. The zero-order valence-corrected chi connectivity index (χ0v) is 12.7. The molecule has 1 aliphatic heterocycles. The number of nitrogens with one attached hydrogen (secondary N) is 1.